The van der Waals surface area contributed by atoms with E-state index in [2.05, 4.69) is 4.98 Å². The third-order valence-electron chi connectivity index (χ3n) is 1.53. The molecule has 1 unspecified atom stereocenters. The molecule has 0 saturated carbocycles. The first-order valence-electron chi connectivity index (χ1n) is 3.49. The quantitative estimate of drug-likeness (QED) is 0.666. The lowest BCUT2D eigenvalue weighted by molar-refractivity contribution is 0.606. The SMILES string of the molecule is Cc1cc(C(C)N)ncc1F. The predicted octanol–water partition coefficient (Wildman–Crippen LogP) is 1.55. The summed E-state index contributed by atoms with van der Waals surface area (Å²) in [6, 6.07) is 1.54. The van der Waals surface area contributed by atoms with Gasteiger partial charge in [0.15, 0.2) is 0 Å². The number of halogens is 1. The van der Waals surface area contributed by atoms with Crippen molar-refractivity contribution in [1.29, 1.82) is 0 Å². The zero-order valence-corrected chi connectivity index (χ0v) is 6.63. The van der Waals surface area contributed by atoms with Crippen LogP contribution in [0.1, 0.15) is 24.2 Å². The summed E-state index contributed by atoms with van der Waals surface area (Å²) in [6.07, 6.45) is 1.20. The van der Waals surface area contributed by atoms with Gasteiger partial charge in [-0.1, -0.05) is 0 Å². The van der Waals surface area contributed by atoms with Gasteiger partial charge in [0.2, 0.25) is 0 Å². The molecule has 2 N–H and O–H groups in total. The Morgan fingerprint density at radius 3 is 2.73 bits per heavy atom. The summed E-state index contributed by atoms with van der Waals surface area (Å²) >= 11 is 0. The normalized spacial score (nSPS) is 13.1. The number of nitrogens with two attached hydrogens (primary N) is 1. The van der Waals surface area contributed by atoms with Crippen LogP contribution in [0.5, 0.6) is 0 Å². The maximum atomic E-state index is 12.7. The van der Waals surface area contributed by atoms with E-state index in [4.69, 9.17) is 5.73 Å². The van der Waals surface area contributed by atoms with Gasteiger partial charge >= 0.3 is 0 Å². The molecule has 0 aliphatic carbocycles. The van der Waals surface area contributed by atoms with E-state index >= 15 is 0 Å². The van der Waals surface area contributed by atoms with Crippen LogP contribution in [0.4, 0.5) is 4.39 Å². The number of hydrogen-bond donors (Lipinski definition) is 1. The van der Waals surface area contributed by atoms with E-state index in [1.807, 2.05) is 6.92 Å². The first-order valence-corrected chi connectivity index (χ1v) is 3.49. The number of nitrogens with zero attached hydrogens (tertiary/aromatic N) is 1. The van der Waals surface area contributed by atoms with Crippen molar-refractivity contribution >= 4 is 0 Å². The highest BCUT2D eigenvalue weighted by molar-refractivity contribution is 5.18. The Balaban J connectivity index is 3.05. The fourth-order valence-corrected chi connectivity index (χ4v) is 0.810. The molecule has 11 heavy (non-hydrogen) atoms. The van der Waals surface area contributed by atoms with Crippen LogP contribution in [0.15, 0.2) is 12.3 Å². The van der Waals surface area contributed by atoms with Gasteiger partial charge in [-0.25, -0.2) is 4.39 Å². The van der Waals surface area contributed by atoms with Crippen LogP contribution in [-0.2, 0) is 0 Å². The fourth-order valence-electron chi connectivity index (χ4n) is 0.810. The first-order chi connectivity index (χ1) is 5.11. The summed E-state index contributed by atoms with van der Waals surface area (Å²) in [5.41, 5.74) is 6.86. The lowest BCUT2D eigenvalue weighted by Crippen LogP contribution is -2.07. The van der Waals surface area contributed by atoms with Crippen molar-refractivity contribution in [2.24, 2.45) is 5.73 Å². The minimum Gasteiger partial charge on any atom is -0.323 e. The van der Waals surface area contributed by atoms with Gasteiger partial charge in [-0.05, 0) is 25.5 Å². The zero-order valence-electron chi connectivity index (χ0n) is 6.63. The van der Waals surface area contributed by atoms with E-state index in [-0.39, 0.29) is 11.9 Å². The fraction of sp³-hybridized carbons (Fsp3) is 0.375. The van der Waals surface area contributed by atoms with Crippen molar-refractivity contribution in [3.8, 4) is 0 Å². The molecular formula is C8H11FN2. The maximum absolute atomic E-state index is 12.7. The van der Waals surface area contributed by atoms with Crippen LogP contribution in [0, 0.1) is 12.7 Å². The molecule has 3 heteroatoms. The van der Waals surface area contributed by atoms with E-state index in [9.17, 15) is 4.39 Å². The van der Waals surface area contributed by atoms with Crippen molar-refractivity contribution in [2.45, 2.75) is 19.9 Å². The molecule has 1 aromatic heterocycles. The van der Waals surface area contributed by atoms with Gasteiger partial charge in [-0.3, -0.25) is 4.98 Å². The maximum Gasteiger partial charge on any atom is 0.144 e. The molecule has 0 saturated heterocycles. The second-order valence-corrected chi connectivity index (χ2v) is 2.65. The highest BCUT2D eigenvalue weighted by Gasteiger charge is 2.03. The van der Waals surface area contributed by atoms with E-state index in [1.54, 1.807) is 13.0 Å². The van der Waals surface area contributed by atoms with Crippen LogP contribution in [0.3, 0.4) is 0 Å². The second-order valence-electron chi connectivity index (χ2n) is 2.65. The minimum atomic E-state index is -0.283. The van der Waals surface area contributed by atoms with Crippen molar-refractivity contribution in [3.05, 3.63) is 29.3 Å². The van der Waals surface area contributed by atoms with Crippen molar-refractivity contribution in [2.75, 3.05) is 0 Å². The Kier molecular flexibility index (Phi) is 2.19. The van der Waals surface area contributed by atoms with Crippen molar-refractivity contribution in [1.82, 2.24) is 4.98 Å². The topological polar surface area (TPSA) is 38.9 Å². The largest absolute Gasteiger partial charge is 0.323 e. The molecule has 1 rings (SSSR count). The Bertz CT molecular complexity index is 258. The Labute approximate surface area is 65.3 Å². The number of aromatic nitrogens is 1. The van der Waals surface area contributed by atoms with Gasteiger partial charge < -0.3 is 5.73 Å². The lowest BCUT2D eigenvalue weighted by Gasteiger charge is -2.04. The molecule has 0 radical (unpaired) electrons. The van der Waals surface area contributed by atoms with E-state index in [0.717, 1.165) is 5.69 Å². The summed E-state index contributed by atoms with van der Waals surface area (Å²) in [6.45, 7) is 3.52. The van der Waals surface area contributed by atoms with Gasteiger partial charge in [0.25, 0.3) is 0 Å². The van der Waals surface area contributed by atoms with E-state index in [0.29, 0.717) is 5.56 Å². The summed E-state index contributed by atoms with van der Waals surface area (Å²) in [5.74, 6) is -0.283. The zero-order chi connectivity index (χ0) is 8.43. The van der Waals surface area contributed by atoms with Gasteiger partial charge in [0.1, 0.15) is 5.82 Å². The van der Waals surface area contributed by atoms with Gasteiger partial charge in [0, 0.05) is 6.04 Å². The Morgan fingerprint density at radius 2 is 2.27 bits per heavy atom. The molecule has 0 bridgehead atoms. The third kappa shape index (κ3) is 1.74. The molecule has 1 heterocycles. The summed E-state index contributed by atoms with van der Waals surface area (Å²) in [7, 11) is 0. The van der Waals surface area contributed by atoms with Crippen molar-refractivity contribution in [3.63, 3.8) is 0 Å². The summed E-state index contributed by atoms with van der Waals surface area (Å²) < 4.78 is 12.7. The molecule has 0 spiro atoms. The van der Waals surface area contributed by atoms with Crippen LogP contribution in [0.25, 0.3) is 0 Å². The highest BCUT2D eigenvalue weighted by Crippen LogP contribution is 2.10. The van der Waals surface area contributed by atoms with Gasteiger partial charge in [-0.2, -0.15) is 0 Å². The first kappa shape index (κ1) is 8.14. The number of hydrogen-bond acceptors (Lipinski definition) is 2. The molecule has 0 aliphatic heterocycles. The molecule has 1 atom stereocenters. The Morgan fingerprint density at radius 1 is 1.64 bits per heavy atom. The number of aryl methyl sites for hydroxylation is 1. The monoisotopic (exact) mass is 154 g/mol. The molecule has 0 fully saturated rings. The van der Waals surface area contributed by atoms with Crippen molar-refractivity contribution < 1.29 is 4.39 Å². The molecule has 0 aliphatic rings. The average molecular weight is 154 g/mol. The van der Waals surface area contributed by atoms with Crippen LogP contribution in [0.2, 0.25) is 0 Å². The number of pyridine rings is 1. The van der Waals surface area contributed by atoms with E-state index < -0.39 is 0 Å². The molecule has 2 nitrogen and oxygen atoms in total. The lowest BCUT2D eigenvalue weighted by atomic mass is 10.2. The minimum absolute atomic E-state index is 0.130. The molecule has 1 aromatic rings. The van der Waals surface area contributed by atoms with Crippen LogP contribution < -0.4 is 5.73 Å². The summed E-state index contributed by atoms with van der Waals surface area (Å²) in [5, 5.41) is 0. The molecule has 0 amide bonds. The van der Waals surface area contributed by atoms with Gasteiger partial charge in [0.05, 0.1) is 11.9 Å². The predicted molar refractivity (Wildman–Crippen MR) is 41.5 cm³/mol. The summed E-state index contributed by atoms with van der Waals surface area (Å²) in [4.78, 5) is 3.84. The second kappa shape index (κ2) is 2.96. The average Bonchev–Trinajstić information content (AvgIpc) is 1.94. The van der Waals surface area contributed by atoms with Gasteiger partial charge in [-0.15, -0.1) is 0 Å². The third-order valence-corrected chi connectivity index (χ3v) is 1.53. The molecule has 60 valence electrons. The smallest absolute Gasteiger partial charge is 0.144 e. The van der Waals surface area contributed by atoms with Crippen LogP contribution in [-0.4, -0.2) is 4.98 Å². The standard InChI is InChI=1S/C8H11FN2/c1-5-3-8(6(2)10)11-4-7(5)9/h3-4,6H,10H2,1-2H3. The molecule has 0 aromatic carbocycles. The Hall–Kier alpha value is -0.960. The number of rotatable bonds is 1. The van der Waals surface area contributed by atoms with Crippen LogP contribution >= 0.6 is 0 Å². The highest BCUT2D eigenvalue weighted by atomic mass is 19.1. The molecular weight excluding hydrogens is 143 g/mol. The van der Waals surface area contributed by atoms with E-state index in [1.165, 1.54) is 6.20 Å².